The summed E-state index contributed by atoms with van der Waals surface area (Å²) in [5.41, 5.74) is 1.34. The van der Waals surface area contributed by atoms with Crippen LogP contribution in [0.25, 0.3) is 5.76 Å². The van der Waals surface area contributed by atoms with Crippen LogP contribution in [0.3, 0.4) is 0 Å². The van der Waals surface area contributed by atoms with Crippen molar-refractivity contribution in [2.75, 3.05) is 18.3 Å². The zero-order chi connectivity index (χ0) is 25.6. The van der Waals surface area contributed by atoms with Gasteiger partial charge < -0.3 is 23.7 Å². The van der Waals surface area contributed by atoms with Gasteiger partial charge in [-0.05, 0) is 54.8 Å². The molecular formula is C28H27NO7. The molecule has 5 rings (SSSR count). The van der Waals surface area contributed by atoms with Crippen LogP contribution in [0.2, 0.25) is 0 Å². The number of amides is 1. The number of furan rings is 1. The van der Waals surface area contributed by atoms with Crippen LogP contribution in [0.4, 0.5) is 5.69 Å². The first-order valence-corrected chi connectivity index (χ1v) is 11.7. The predicted molar refractivity (Wildman–Crippen MR) is 132 cm³/mol. The van der Waals surface area contributed by atoms with Gasteiger partial charge in [-0.2, -0.15) is 0 Å². The SMILES string of the molecule is CCOc1ccc(/C(O)=C2/C(=O)C(=O)N(c3ccc4c(c3)OCO4)C2c2ccco2)cc1C(C)(C)C. The number of benzene rings is 2. The Labute approximate surface area is 208 Å². The Kier molecular flexibility index (Phi) is 5.74. The number of anilines is 1. The summed E-state index contributed by atoms with van der Waals surface area (Å²) in [6, 6.07) is 12.6. The van der Waals surface area contributed by atoms with E-state index in [1.54, 1.807) is 48.5 Å². The standard InChI is InChI=1S/C28H27NO7/c1-5-33-19-10-8-16(13-18(19)28(2,3)4)25(30)23-24(21-7-6-12-34-21)29(27(32)26(23)31)17-9-11-20-22(14-17)36-15-35-20/h6-14,24,30H,5,15H2,1-4H3/b25-23-. The van der Waals surface area contributed by atoms with Crippen LogP contribution >= 0.6 is 0 Å². The minimum absolute atomic E-state index is 0.0587. The molecular weight excluding hydrogens is 462 g/mol. The molecule has 0 radical (unpaired) electrons. The molecule has 186 valence electrons. The van der Waals surface area contributed by atoms with E-state index in [1.807, 2.05) is 27.7 Å². The first-order valence-electron chi connectivity index (χ1n) is 11.7. The van der Waals surface area contributed by atoms with E-state index in [1.165, 1.54) is 11.2 Å². The van der Waals surface area contributed by atoms with Gasteiger partial charge in [0, 0.05) is 22.9 Å². The van der Waals surface area contributed by atoms with Crippen LogP contribution in [0, 0.1) is 0 Å². The fourth-order valence-electron chi connectivity index (χ4n) is 4.55. The van der Waals surface area contributed by atoms with Crippen molar-refractivity contribution in [3.63, 3.8) is 0 Å². The molecule has 1 N–H and O–H groups in total. The number of nitrogens with zero attached hydrogens (tertiary/aromatic N) is 1. The Hall–Kier alpha value is -4.20. The van der Waals surface area contributed by atoms with Gasteiger partial charge in [0.25, 0.3) is 11.7 Å². The Morgan fingerprint density at radius 1 is 1.08 bits per heavy atom. The number of aliphatic hydroxyl groups excluding tert-OH is 1. The third-order valence-electron chi connectivity index (χ3n) is 6.25. The lowest BCUT2D eigenvalue weighted by atomic mass is 9.84. The van der Waals surface area contributed by atoms with Crippen molar-refractivity contribution in [2.45, 2.75) is 39.2 Å². The molecule has 3 aromatic rings. The van der Waals surface area contributed by atoms with Gasteiger partial charge >= 0.3 is 0 Å². The Bertz CT molecular complexity index is 1370. The van der Waals surface area contributed by atoms with Gasteiger partial charge in [0.2, 0.25) is 6.79 Å². The molecule has 0 aliphatic carbocycles. The summed E-state index contributed by atoms with van der Waals surface area (Å²) in [5, 5.41) is 11.5. The lowest BCUT2D eigenvalue weighted by Crippen LogP contribution is -2.29. The second kappa shape index (κ2) is 8.78. The number of hydrogen-bond donors (Lipinski definition) is 1. The molecule has 8 heteroatoms. The molecule has 2 aliphatic heterocycles. The number of aliphatic hydroxyl groups is 1. The Balaban J connectivity index is 1.67. The fraction of sp³-hybridized carbons (Fsp3) is 0.286. The summed E-state index contributed by atoms with van der Waals surface area (Å²) in [6.07, 6.45) is 1.46. The van der Waals surface area contributed by atoms with Crippen LogP contribution in [0.5, 0.6) is 17.2 Å². The number of Topliss-reactive ketones (excluding diaryl/α,β-unsaturated/α-hetero) is 1. The molecule has 1 atom stereocenters. The molecule has 1 aromatic heterocycles. The van der Waals surface area contributed by atoms with E-state index in [4.69, 9.17) is 18.6 Å². The van der Waals surface area contributed by atoms with E-state index in [2.05, 4.69) is 0 Å². The van der Waals surface area contributed by atoms with Crippen LogP contribution in [-0.4, -0.2) is 30.2 Å². The number of rotatable bonds is 5. The molecule has 36 heavy (non-hydrogen) atoms. The van der Waals surface area contributed by atoms with Gasteiger partial charge in [-0.15, -0.1) is 0 Å². The van der Waals surface area contributed by atoms with Crippen LogP contribution in [-0.2, 0) is 15.0 Å². The van der Waals surface area contributed by atoms with Gasteiger partial charge in [0.15, 0.2) is 11.5 Å². The maximum Gasteiger partial charge on any atom is 0.300 e. The van der Waals surface area contributed by atoms with E-state index in [0.717, 1.165) is 5.56 Å². The summed E-state index contributed by atoms with van der Waals surface area (Å²) >= 11 is 0. The van der Waals surface area contributed by atoms with Gasteiger partial charge in [0.1, 0.15) is 23.3 Å². The third-order valence-corrected chi connectivity index (χ3v) is 6.25. The highest BCUT2D eigenvalue weighted by Crippen LogP contribution is 2.45. The highest BCUT2D eigenvalue weighted by molar-refractivity contribution is 6.51. The number of carbonyl (C=O) groups is 2. The van der Waals surface area contributed by atoms with Crippen molar-refractivity contribution in [2.24, 2.45) is 0 Å². The second-order valence-corrected chi connectivity index (χ2v) is 9.62. The summed E-state index contributed by atoms with van der Waals surface area (Å²) in [7, 11) is 0. The number of ketones is 1. The minimum Gasteiger partial charge on any atom is -0.507 e. The zero-order valence-electron chi connectivity index (χ0n) is 20.5. The number of carbonyl (C=O) groups excluding carboxylic acids is 2. The van der Waals surface area contributed by atoms with Gasteiger partial charge in [-0.1, -0.05) is 20.8 Å². The first-order chi connectivity index (χ1) is 17.2. The molecule has 0 bridgehead atoms. The van der Waals surface area contributed by atoms with E-state index in [-0.39, 0.29) is 23.5 Å². The van der Waals surface area contributed by atoms with Crippen LogP contribution < -0.4 is 19.1 Å². The molecule has 1 unspecified atom stereocenters. The molecule has 1 fully saturated rings. The number of hydrogen-bond acceptors (Lipinski definition) is 7. The van der Waals surface area contributed by atoms with Crippen LogP contribution in [0.15, 0.2) is 64.8 Å². The van der Waals surface area contributed by atoms with Crippen molar-refractivity contribution in [1.29, 1.82) is 0 Å². The summed E-state index contributed by atoms with van der Waals surface area (Å²) in [4.78, 5) is 28.0. The zero-order valence-corrected chi connectivity index (χ0v) is 20.5. The Morgan fingerprint density at radius 3 is 2.56 bits per heavy atom. The first kappa shape index (κ1) is 23.5. The highest BCUT2D eigenvalue weighted by Gasteiger charge is 2.48. The highest BCUT2D eigenvalue weighted by atomic mass is 16.7. The van der Waals surface area contributed by atoms with E-state index < -0.39 is 17.7 Å². The maximum absolute atomic E-state index is 13.4. The third kappa shape index (κ3) is 3.88. The largest absolute Gasteiger partial charge is 0.507 e. The molecule has 3 heterocycles. The van der Waals surface area contributed by atoms with E-state index in [9.17, 15) is 14.7 Å². The average Bonchev–Trinajstić information content (AvgIpc) is 3.58. The smallest absolute Gasteiger partial charge is 0.300 e. The van der Waals surface area contributed by atoms with Crippen molar-refractivity contribution in [3.8, 4) is 17.2 Å². The Morgan fingerprint density at radius 2 is 1.86 bits per heavy atom. The van der Waals surface area contributed by atoms with Crippen molar-refractivity contribution in [3.05, 3.63) is 77.3 Å². The molecule has 2 aromatic carbocycles. The molecule has 8 nitrogen and oxygen atoms in total. The summed E-state index contributed by atoms with van der Waals surface area (Å²) in [5.74, 6) is 0.186. The number of fused-ring (bicyclic) bond motifs is 1. The van der Waals surface area contributed by atoms with Crippen molar-refractivity contribution >= 4 is 23.1 Å². The second-order valence-electron chi connectivity index (χ2n) is 9.62. The van der Waals surface area contributed by atoms with Crippen LogP contribution in [0.1, 0.15) is 50.6 Å². The minimum atomic E-state index is -0.968. The normalized spacial score (nSPS) is 18.7. The predicted octanol–water partition coefficient (Wildman–Crippen LogP) is 5.33. The monoisotopic (exact) mass is 489 g/mol. The fourth-order valence-corrected chi connectivity index (χ4v) is 4.55. The lowest BCUT2D eigenvalue weighted by Gasteiger charge is -2.25. The molecule has 0 saturated carbocycles. The molecule has 2 aliphatic rings. The van der Waals surface area contributed by atoms with E-state index in [0.29, 0.717) is 40.9 Å². The molecule has 1 amide bonds. The molecule has 1 saturated heterocycles. The molecule has 0 spiro atoms. The number of ether oxygens (including phenoxy) is 3. The van der Waals surface area contributed by atoms with Gasteiger partial charge in [0.05, 0.1) is 18.4 Å². The summed E-state index contributed by atoms with van der Waals surface area (Å²) in [6.45, 7) is 8.59. The van der Waals surface area contributed by atoms with Gasteiger partial charge in [-0.3, -0.25) is 14.5 Å². The van der Waals surface area contributed by atoms with Crippen molar-refractivity contribution in [1.82, 2.24) is 0 Å². The van der Waals surface area contributed by atoms with Crippen molar-refractivity contribution < 1.29 is 33.3 Å². The quantitative estimate of drug-likeness (QED) is 0.294. The van der Waals surface area contributed by atoms with E-state index >= 15 is 0 Å². The lowest BCUT2D eigenvalue weighted by molar-refractivity contribution is -0.132. The summed E-state index contributed by atoms with van der Waals surface area (Å²) < 4.78 is 22.3. The maximum atomic E-state index is 13.4. The topological polar surface area (TPSA) is 98.4 Å². The average molecular weight is 490 g/mol. The van der Waals surface area contributed by atoms with Gasteiger partial charge in [-0.25, -0.2) is 0 Å².